The van der Waals surface area contributed by atoms with Crippen molar-refractivity contribution in [2.24, 2.45) is 5.41 Å². The standard InChI is InChI=1S/C21H20F2N2O3S/c1-11-6-13-16(24-17-9-21(2,3)10-18(26)20(13)17)8-19(11)29(27,28)25-15-5-4-12(22)7-14(15)23/h4-8,24-25H,9-10H2,1-3H3. The molecule has 152 valence electrons. The Morgan fingerprint density at radius 1 is 1.10 bits per heavy atom. The number of aromatic amines is 1. The van der Waals surface area contributed by atoms with Crippen molar-refractivity contribution in [1.29, 1.82) is 0 Å². The number of nitrogens with one attached hydrogen (secondary N) is 2. The summed E-state index contributed by atoms with van der Waals surface area (Å²) < 4.78 is 54.9. The van der Waals surface area contributed by atoms with Crippen molar-refractivity contribution in [3.63, 3.8) is 0 Å². The van der Waals surface area contributed by atoms with Gasteiger partial charge >= 0.3 is 0 Å². The van der Waals surface area contributed by atoms with E-state index in [4.69, 9.17) is 0 Å². The number of H-pyrrole nitrogens is 1. The second kappa shape index (κ2) is 6.38. The van der Waals surface area contributed by atoms with E-state index in [9.17, 15) is 22.0 Å². The van der Waals surface area contributed by atoms with E-state index < -0.39 is 21.7 Å². The molecule has 0 aliphatic heterocycles. The fraction of sp³-hybridized carbons (Fsp3) is 0.286. The molecule has 2 N–H and O–H groups in total. The Balaban J connectivity index is 1.80. The Hall–Kier alpha value is -2.74. The summed E-state index contributed by atoms with van der Waals surface area (Å²) in [5, 5.41) is 0.685. The number of anilines is 1. The first-order chi connectivity index (χ1) is 13.5. The molecule has 4 rings (SSSR count). The summed E-state index contributed by atoms with van der Waals surface area (Å²) in [7, 11) is -4.13. The number of fused-ring (bicyclic) bond motifs is 3. The number of sulfonamides is 1. The van der Waals surface area contributed by atoms with Crippen molar-refractivity contribution in [3.05, 3.63) is 58.8 Å². The molecule has 0 spiro atoms. The topological polar surface area (TPSA) is 79.0 Å². The van der Waals surface area contributed by atoms with Gasteiger partial charge in [-0.3, -0.25) is 9.52 Å². The number of halogens is 2. The van der Waals surface area contributed by atoms with Gasteiger partial charge in [0.15, 0.2) is 5.78 Å². The Labute approximate surface area is 167 Å². The highest BCUT2D eigenvalue weighted by molar-refractivity contribution is 7.92. The predicted molar refractivity (Wildman–Crippen MR) is 107 cm³/mol. The maximum absolute atomic E-state index is 13.9. The minimum absolute atomic E-state index is 0.0315. The molecule has 1 aromatic heterocycles. The molecule has 2 aromatic carbocycles. The maximum Gasteiger partial charge on any atom is 0.262 e. The van der Waals surface area contributed by atoms with Crippen molar-refractivity contribution in [2.45, 2.75) is 38.5 Å². The van der Waals surface area contributed by atoms with E-state index >= 15 is 0 Å². The third-order valence-corrected chi connectivity index (χ3v) is 6.72. The highest BCUT2D eigenvalue weighted by Gasteiger charge is 2.34. The Kier molecular flexibility index (Phi) is 4.31. The lowest BCUT2D eigenvalue weighted by molar-refractivity contribution is 0.0913. The second-order valence-electron chi connectivity index (χ2n) is 8.31. The number of benzene rings is 2. The Morgan fingerprint density at radius 3 is 2.52 bits per heavy atom. The van der Waals surface area contributed by atoms with Crippen LogP contribution in [0.15, 0.2) is 35.2 Å². The highest BCUT2D eigenvalue weighted by atomic mass is 32.2. The minimum atomic E-state index is -4.13. The SMILES string of the molecule is Cc1cc2c3c([nH]c2cc1S(=O)(=O)Nc1ccc(F)cc1F)CC(C)(C)CC3=O. The lowest BCUT2D eigenvalue weighted by atomic mass is 9.76. The quantitative estimate of drug-likeness (QED) is 0.647. The molecule has 0 atom stereocenters. The fourth-order valence-electron chi connectivity index (χ4n) is 3.96. The number of ketones is 1. The molecule has 1 aliphatic carbocycles. The van der Waals surface area contributed by atoms with E-state index in [2.05, 4.69) is 9.71 Å². The molecular weight excluding hydrogens is 398 g/mol. The molecule has 1 aliphatic rings. The summed E-state index contributed by atoms with van der Waals surface area (Å²) in [5.74, 6) is -1.77. The lowest BCUT2D eigenvalue weighted by Crippen LogP contribution is -2.26. The molecule has 0 bridgehead atoms. The number of aromatic nitrogens is 1. The summed E-state index contributed by atoms with van der Waals surface area (Å²) in [5.41, 5.74) is 1.86. The van der Waals surface area contributed by atoms with Gasteiger partial charge in [-0.2, -0.15) is 0 Å². The van der Waals surface area contributed by atoms with E-state index in [0.717, 1.165) is 17.8 Å². The molecule has 0 radical (unpaired) electrons. The van der Waals surface area contributed by atoms with Crippen molar-refractivity contribution < 1.29 is 22.0 Å². The molecular formula is C21H20F2N2O3S. The van der Waals surface area contributed by atoms with E-state index in [1.807, 2.05) is 13.8 Å². The predicted octanol–water partition coefficient (Wildman–Crippen LogP) is 4.71. The number of carbonyl (C=O) groups is 1. The van der Waals surface area contributed by atoms with Crippen LogP contribution in [0.4, 0.5) is 14.5 Å². The van der Waals surface area contributed by atoms with Crippen LogP contribution >= 0.6 is 0 Å². The van der Waals surface area contributed by atoms with E-state index in [-0.39, 0.29) is 21.8 Å². The second-order valence-corrected chi connectivity index (χ2v) is 9.96. The van der Waals surface area contributed by atoms with Gasteiger partial charge in [0.05, 0.1) is 10.6 Å². The zero-order valence-corrected chi connectivity index (χ0v) is 17.0. The maximum atomic E-state index is 13.9. The molecule has 0 unspecified atom stereocenters. The normalized spacial score (nSPS) is 16.1. The summed E-state index contributed by atoms with van der Waals surface area (Å²) in [6.45, 7) is 5.65. The number of rotatable bonds is 3. The van der Waals surface area contributed by atoms with E-state index in [1.165, 1.54) is 6.07 Å². The van der Waals surface area contributed by atoms with Crippen molar-refractivity contribution in [3.8, 4) is 0 Å². The van der Waals surface area contributed by atoms with Crippen molar-refractivity contribution >= 4 is 32.4 Å². The molecule has 29 heavy (non-hydrogen) atoms. The minimum Gasteiger partial charge on any atom is -0.358 e. The first-order valence-electron chi connectivity index (χ1n) is 9.13. The Morgan fingerprint density at radius 2 is 1.83 bits per heavy atom. The van der Waals surface area contributed by atoms with E-state index in [1.54, 1.807) is 13.0 Å². The third-order valence-electron chi connectivity index (χ3n) is 5.21. The monoisotopic (exact) mass is 418 g/mol. The molecule has 0 saturated heterocycles. The van der Waals surface area contributed by atoms with Crippen LogP contribution in [0.3, 0.4) is 0 Å². The van der Waals surface area contributed by atoms with Gasteiger partial charge in [0.2, 0.25) is 0 Å². The highest BCUT2D eigenvalue weighted by Crippen LogP contribution is 2.39. The molecule has 0 amide bonds. The van der Waals surface area contributed by atoms with Crippen molar-refractivity contribution in [1.82, 2.24) is 4.98 Å². The summed E-state index contributed by atoms with van der Waals surface area (Å²) in [6, 6.07) is 5.73. The van der Waals surface area contributed by atoms with Gasteiger partial charge in [0, 0.05) is 34.6 Å². The van der Waals surface area contributed by atoms with Crippen LogP contribution in [0.1, 0.15) is 41.9 Å². The molecule has 1 heterocycles. The molecule has 5 nitrogen and oxygen atoms in total. The fourth-order valence-corrected chi connectivity index (χ4v) is 5.28. The van der Waals surface area contributed by atoms with Crippen LogP contribution in [0.25, 0.3) is 10.9 Å². The zero-order chi connectivity index (χ0) is 21.1. The lowest BCUT2D eigenvalue weighted by Gasteiger charge is -2.28. The van der Waals surface area contributed by atoms with Crippen LogP contribution in [0.5, 0.6) is 0 Å². The van der Waals surface area contributed by atoms with Crippen molar-refractivity contribution in [2.75, 3.05) is 4.72 Å². The zero-order valence-electron chi connectivity index (χ0n) is 16.2. The first-order valence-corrected chi connectivity index (χ1v) is 10.6. The summed E-state index contributed by atoms with van der Waals surface area (Å²) in [6.07, 6.45) is 1.11. The molecule has 0 fully saturated rings. The van der Waals surface area contributed by atoms with Gasteiger partial charge in [0.1, 0.15) is 11.6 Å². The molecule has 0 saturated carbocycles. The first kappa shape index (κ1) is 19.6. The summed E-state index contributed by atoms with van der Waals surface area (Å²) in [4.78, 5) is 15.8. The Bertz CT molecular complexity index is 1280. The average Bonchev–Trinajstić information content (AvgIpc) is 2.92. The summed E-state index contributed by atoms with van der Waals surface area (Å²) >= 11 is 0. The van der Waals surface area contributed by atoms with Crippen LogP contribution in [-0.4, -0.2) is 19.2 Å². The van der Waals surface area contributed by atoms with Gasteiger partial charge < -0.3 is 4.98 Å². The largest absolute Gasteiger partial charge is 0.358 e. The smallest absolute Gasteiger partial charge is 0.262 e. The number of hydrogen-bond donors (Lipinski definition) is 2. The van der Waals surface area contributed by atoms with Crippen LogP contribution in [-0.2, 0) is 16.4 Å². The van der Waals surface area contributed by atoms with Gasteiger partial charge in [-0.25, -0.2) is 17.2 Å². The van der Waals surface area contributed by atoms with Gasteiger partial charge in [-0.05, 0) is 48.6 Å². The third kappa shape index (κ3) is 3.42. The van der Waals surface area contributed by atoms with Crippen LogP contribution in [0.2, 0.25) is 0 Å². The van der Waals surface area contributed by atoms with Gasteiger partial charge in [-0.15, -0.1) is 0 Å². The number of aryl methyl sites for hydroxylation is 1. The van der Waals surface area contributed by atoms with Gasteiger partial charge in [0.25, 0.3) is 10.0 Å². The van der Waals surface area contributed by atoms with Crippen LogP contribution < -0.4 is 4.72 Å². The average molecular weight is 418 g/mol. The number of carbonyl (C=O) groups excluding carboxylic acids is 1. The van der Waals surface area contributed by atoms with E-state index in [0.29, 0.717) is 40.9 Å². The number of hydrogen-bond acceptors (Lipinski definition) is 3. The van der Waals surface area contributed by atoms with Gasteiger partial charge in [-0.1, -0.05) is 13.8 Å². The van der Waals surface area contributed by atoms with Crippen LogP contribution in [0, 0.1) is 24.0 Å². The molecule has 3 aromatic rings. The molecule has 8 heteroatoms. The number of Topliss-reactive ketones (excluding diaryl/α,β-unsaturated/α-hetero) is 1.